The van der Waals surface area contributed by atoms with Gasteiger partial charge < -0.3 is 19.9 Å². The van der Waals surface area contributed by atoms with Crippen molar-refractivity contribution in [2.45, 2.75) is 27.2 Å². The van der Waals surface area contributed by atoms with Gasteiger partial charge in [0.15, 0.2) is 11.4 Å². The number of carbonyl (C=O) groups is 1. The highest BCUT2D eigenvalue weighted by Crippen LogP contribution is 2.31. The van der Waals surface area contributed by atoms with Gasteiger partial charge >= 0.3 is 5.63 Å². The molecule has 0 unspecified atom stereocenters. The fourth-order valence-electron chi connectivity index (χ4n) is 2.85. The molecule has 3 rings (SSSR count). The summed E-state index contributed by atoms with van der Waals surface area (Å²) in [5, 5.41) is 23.2. The number of benzene rings is 2. The summed E-state index contributed by atoms with van der Waals surface area (Å²) >= 11 is 0. The third-order valence-electron chi connectivity index (χ3n) is 4.41. The second kappa shape index (κ2) is 7.60. The SMILES string of the molecule is CC(C)=CCc1cc(C(=O)Nc2c(O)c3cccc(C)c3oc2=O)ccc1O. The van der Waals surface area contributed by atoms with Gasteiger partial charge in [-0.2, -0.15) is 0 Å². The minimum absolute atomic E-state index is 0.0811. The molecule has 0 aliphatic rings. The third kappa shape index (κ3) is 3.76. The van der Waals surface area contributed by atoms with Gasteiger partial charge in [0.1, 0.15) is 11.3 Å². The molecule has 6 heteroatoms. The molecule has 2 aromatic carbocycles. The Morgan fingerprint density at radius 3 is 2.64 bits per heavy atom. The number of nitrogens with one attached hydrogen (secondary N) is 1. The number of hydrogen-bond donors (Lipinski definition) is 3. The number of allylic oxidation sites excluding steroid dienone is 2. The number of aromatic hydroxyl groups is 2. The average Bonchev–Trinajstić information content (AvgIpc) is 2.65. The van der Waals surface area contributed by atoms with E-state index < -0.39 is 11.5 Å². The van der Waals surface area contributed by atoms with Gasteiger partial charge in [0.25, 0.3) is 5.91 Å². The maximum atomic E-state index is 12.6. The molecular weight excluding hydrogens is 358 g/mol. The quantitative estimate of drug-likeness (QED) is 0.464. The molecule has 0 radical (unpaired) electrons. The zero-order chi connectivity index (χ0) is 20.4. The molecule has 6 nitrogen and oxygen atoms in total. The van der Waals surface area contributed by atoms with Crippen molar-refractivity contribution in [3.8, 4) is 11.5 Å². The van der Waals surface area contributed by atoms with E-state index in [4.69, 9.17) is 4.42 Å². The van der Waals surface area contributed by atoms with Crippen molar-refractivity contribution < 1.29 is 19.4 Å². The second-order valence-corrected chi connectivity index (χ2v) is 6.85. The average molecular weight is 379 g/mol. The highest BCUT2D eigenvalue weighted by molar-refractivity contribution is 6.06. The molecule has 0 aliphatic heterocycles. The first-order valence-electron chi connectivity index (χ1n) is 8.80. The number of hydrogen-bond acceptors (Lipinski definition) is 5. The van der Waals surface area contributed by atoms with Gasteiger partial charge in [-0.05, 0) is 62.6 Å². The van der Waals surface area contributed by atoms with Crippen molar-refractivity contribution in [1.82, 2.24) is 0 Å². The molecule has 1 heterocycles. The van der Waals surface area contributed by atoms with Crippen molar-refractivity contribution in [2.75, 3.05) is 5.32 Å². The number of amides is 1. The lowest BCUT2D eigenvalue weighted by molar-refractivity contribution is 0.102. The highest BCUT2D eigenvalue weighted by atomic mass is 16.4. The molecule has 0 atom stereocenters. The molecule has 3 N–H and O–H groups in total. The molecule has 1 amide bonds. The Balaban J connectivity index is 1.97. The molecule has 0 spiro atoms. The van der Waals surface area contributed by atoms with E-state index in [1.807, 2.05) is 19.9 Å². The van der Waals surface area contributed by atoms with Crippen molar-refractivity contribution in [1.29, 1.82) is 0 Å². The Kier molecular flexibility index (Phi) is 5.22. The summed E-state index contributed by atoms with van der Waals surface area (Å²) in [4.78, 5) is 24.9. The summed E-state index contributed by atoms with van der Waals surface area (Å²) in [5.74, 6) is -0.850. The smallest absolute Gasteiger partial charge is 0.364 e. The van der Waals surface area contributed by atoms with Crippen molar-refractivity contribution in [3.05, 3.63) is 75.2 Å². The van der Waals surface area contributed by atoms with Gasteiger partial charge in [-0.25, -0.2) is 4.79 Å². The predicted octanol–water partition coefficient (Wildman–Crippen LogP) is 4.27. The lowest BCUT2D eigenvalue weighted by Crippen LogP contribution is -2.18. The predicted molar refractivity (Wildman–Crippen MR) is 108 cm³/mol. The van der Waals surface area contributed by atoms with Crippen LogP contribution in [0, 0.1) is 6.92 Å². The zero-order valence-corrected chi connectivity index (χ0v) is 15.9. The van der Waals surface area contributed by atoms with E-state index in [0.29, 0.717) is 22.9 Å². The summed E-state index contributed by atoms with van der Waals surface area (Å²) in [6.45, 7) is 5.64. The molecule has 0 bridgehead atoms. The van der Waals surface area contributed by atoms with Crippen LogP contribution in [0.3, 0.4) is 0 Å². The van der Waals surface area contributed by atoms with Crippen LogP contribution in [0.15, 0.2) is 57.3 Å². The lowest BCUT2D eigenvalue weighted by atomic mass is 10.0. The van der Waals surface area contributed by atoms with Crippen molar-refractivity contribution in [3.63, 3.8) is 0 Å². The van der Waals surface area contributed by atoms with Crippen LogP contribution in [-0.2, 0) is 6.42 Å². The number of fused-ring (bicyclic) bond motifs is 1. The molecule has 1 aromatic heterocycles. The molecule has 0 saturated heterocycles. The fraction of sp³-hybridized carbons (Fsp3) is 0.182. The van der Waals surface area contributed by atoms with Crippen LogP contribution in [0.1, 0.15) is 35.3 Å². The standard InChI is InChI=1S/C22H21NO5/c1-12(2)7-8-14-11-15(9-10-17(14)24)21(26)23-18-19(25)16-6-4-5-13(3)20(16)28-22(18)27/h4-7,9-11,24-25H,8H2,1-3H3,(H,23,26). The van der Waals surface area contributed by atoms with E-state index in [0.717, 1.165) is 5.57 Å². The molecule has 0 saturated carbocycles. The van der Waals surface area contributed by atoms with E-state index in [9.17, 15) is 19.8 Å². The first kappa shape index (κ1) is 19.2. The maximum Gasteiger partial charge on any atom is 0.364 e. The van der Waals surface area contributed by atoms with Crippen molar-refractivity contribution in [2.24, 2.45) is 0 Å². The molecule has 3 aromatic rings. The molecule has 0 aliphatic carbocycles. The first-order valence-corrected chi connectivity index (χ1v) is 8.80. The summed E-state index contributed by atoms with van der Waals surface area (Å²) < 4.78 is 5.27. The van der Waals surface area contributed by atoms with Crippen LogP contribution in [0.4, 0.5) is 5.69 Å². The Morgan fingerprint density at radius 1 is 1.18 bits per heavy atom. The summed E-state index contributed by atoms with van der Waals surface area (Å²) in [6.07, 6.45) is 2.40. The molecular formula is C22H21NO5. The van der Waals surface area contributed by atoms with Crippen molar-refractivity contribution >= 4 is 22.6 Å². The Hall–Kier alpha value is -3.54. The van der Waals surface area contributed by atoms with E-state index in [1.165, 1.54) is 12.1 Å². The molecule has 0 fully saturated rings. The third-order valence-corrected chi connectivity index (χ3v) is 4.41. The molecule has 28 heavy (non-hydrogen) atoms. The largest absolute Gasteiger partial charge is 0.508 e. The normalized spacial score (nSPS) is 10.7. The minimum atomic E-state index is -0.837. The summed E-state index contributed by atoms with van der Waals surface area (Å²) in [5.41, 5.74) is 1.74. The molecule has 144 valence electrons. The van der Waals surface area contributed by atoms with Crippen LogP contribution in [0.25, 0.3) is 11.0 Å². The van der Waals surface area contributed by atoms with Gasteiger partial charge in [-0.1, -0.05) is 23.8 Å². The van der Waals surface area contributed by atoms with E-state index >= 15 is 0 Å². The Labute approximate surface area is 161 Å². The van der Waals surface area contributed by atoms with E-state index in [1.54, 1.807) is 31.2 Å². The fourth-order valence-corrected chi connectivity index (χ4v) is 2.85. The number of phenols is 1. The van der Waals surface area contributed by atoms with Crippen LogP contribution < -0.4 is 10.9 Å². The van der Waals surface area contributed by atoms with Crippen LogP contribution >= 0.6 is 0 Å². The minimum Gasteiger partial charge on any atom is -0.508 e. The van der Waals surface area contributed by atoms with Crippen LogP contribution in [-0.4, -0.2) is 16.1 Å². The Morgan fingerprint density at radius 2 is 1.93 bits per heavy atom. The van der Waals surface area contributed by atoms with Crippen LogP contribution in [0.2, 0.25) is 0 Å². The number of aryl methyl sites for hydroxylation is 1. The number of para-hydroxylation sites is 1. The van der Waals surface area contributed by atoms with Gasteiger partial charge in [0, 0.05) is 5.56 Å². The zero-order valence-electron chi connectivity index (χ0n) is 15.9. The summed E-state index contributed by atoms with van der Waals surface area (Å²) in [7, 11) is 0. The van der Waals surface area contributed by atoms with E-state index in [-0.39, 0.29) is 28.3 Å². The summed E-state index contributed by atoms with van der Waals surface area (Å²) in [6, 6.07) is 9.50. The maximum absolute atomic E-state index is 12.6. The van der Waals surface area contributed by atoms with Gasteiger partial charge in [-0.15, -0.1) is 0 Å². The van der Waals surface area contributed by atoms with E-state index in [2.05, 4.69) is 5.32 Å². The number of rotatable bonds is 4. The Bertz CT molecular complexity index is 1150. The van der Waals surface area contributed by atoms with Crippen LogP contribution in [0.5, 0.6) is 11.5 Å². The number of anilines is 1. The van der Waals surface area contributed by atoms with Gasteiger partial charge in [0.2, 0.25) is 0 Å². The van der Waals surface area contributed by atoms with Gasteiger partial charge in [0.05, 0.1) is 5.39 Å². The first-order chi connectivity index (χ1) is 13.3. The number of phenolic OH excluding ortho intramolecular Hbond substituents is 1. The monoisotopic (exact) mass is 379 g/mol. The lowest BCUT2D eigenvalue weighted by Gasteiger charge is -2.10. The number of carbonyl (C=O) groups excluding carboxylic acids is 1. The van der Waals surface area contributed by atoms with Gasteiger partial charge in [-0.3, -0.25) is 4.79 Å². The second-order valence-electron chi connectivity index (χ2n) is 6.85. The highest BCUT2D eigenvalue weighted by Gasteiger charge is 2.18. The topological polar surface area (TPSA) is 99.8 Å².